The van der Waals surface area contributed by atoms with E-state index < -0.39 is 0 Å². The molecular formula is C22H25NO2. The molecule has 0 fully saturated rings. The lowest BCUT2D eigenvalue weighted by Gasteiger charge is -2.16. The first-order valence-corrected chi connectivity index (χ1v) is 9.17. The molecule has 25 heavy (non-hydrogen) atoms. The van der Waals surface area contributed by atoms with Gasteiger partial charge in [0.1, 0.15) is 5.75 Å². The lowest BCUT2D eigenvalue weighted by Crippen LogP contribution is -2.12. The van der Waals surface area contributed by atoms with Gasteiger partial charge in [0.25, 0.3) is 0 Å². The van der Waals surface area contributed by atoms with Crippen molar-refractivity contribution < 1.29 is 9.47 Å². The minimum absolute atomic E-state index is 0.672. The molecule has 0 saturated carbocycles. The van der Waals surface area contributed by atoms with Crippen molar-refractivity contribution in [3.8, 4) is 5.75 Å². The highest BCUT2D eigenvalue weighted by atomic mass is 16.5. The van der Waals surface area contributed by atoms with Gasteiger partial charge in [0.15, 0.2) is 0 Å². The normalized spacial score (nSPS) is 13.8. The molecule has 3 nitrogen and oxygen atoms in total. The smallest absolute Gasteiger partial charge is 0.128 e. The van der Waals surface area contributed by atoms with Crippen molar-refractivity contribution in [3.05, 3.63) is 65.4 Å². The van der Waals surface area contributed by atoms with E-state index in [1.807, 2.05) is 6.07 Å². The maximum atomic E-state index is 5.94. The summed E-state index contributed by atoms with van der Waals surface area (Å²) in [5, 5.41) is 1.31. The predicted molar refractivity (Wildman–Crippen MR) is 101 cm³/mol. The van der Waals surface area contributed by atoms with Gasteiger partial charge in [-0.15, -0.1) is 0 Å². The predicted octanol–water partition coefficient (Wildman–Crippen LogP) is 4.75. The number of hydrogen-bond acceptors (Lipinski definition) is 2. The first kappa shape index (κ1) is 16.2. The summed E-state index contributed by atoms with van der Waals surface area (Å²) < 4.78 is 14.0. The van der Waals surface area contributed by atoms with Gasteiger partial charge >= 0.3 is 0 Å². The van der Waals surface area contributed by atoms with Crippen LogP contribution in [0.5, 0.6) is 5.75 Å². The molecule has 0 bridgehead atoms. The molecular weight excluding hydrogens is 310 g/mol. The van der Waals surface area contributed by atoms with Crippen LogP contribution < -0.4 is 4.74 Å². The Balaban J connectivity index is 1.56. The van der Waals surface area contributed by atoms with E-state index in [1.165, 1.54) is 40.6 Å². The molecule has 0 amide bonds. The molecule has 0 spiro atoms. The van der Waals surface area contributed by atoms with E-state index in [9.17, 15) is 0 Å². The number of methoxy groups -OCH3 is 1. The number of ether oxygens (including phenoxy) is 2. The lowest BCUT2D eigenvalue weighted by molar-refractivity contribution is 0.113. The van der Waals surface area contributed by atoms with Crippen molar-refractivity contribution in [3.63, 3.8) is 0 Å². The van der Waals surface area contributed by atoms with E-state index in [-0.39, 0.29) is 0 Å². The summed E-state index contributed by atoms with van der Waals surface area (Å²) in [6, 6.07) is 16.8. The summed E-state index contributed by atoms with van der Waals surface area (Å²) in [6.45, 7) is 2.29. The monoisotopic (exact) mass is 335 g/mol. The van der Waals surface area contributed by atoms with Crippen LogP contribution in [0.25, 0.3) is 10.9 Å². The Labute approximate surface area is 149 Å². The molecule has 0 saturated heterocycles. The Morgan fingerprint density at radius 1 is 0.960 bits per heavy atom. The second-order valence-electron chi connectivity index (χ2n) is 6.68. The van der Waals surface area contributed by atoms with Gasteiger partial charge in [-0.3, -0.25) is 0 Å². The number of benzene rings is 2. The molecule has 0 unspecified atom stereocenters. The molecule has 4 rings (SSSR count). The van der Waals surface area contributed by atoms with Crippen molar-refractivity contribution in [2.24, 2.45) is 0 Å². The molecule has 1 heterocycles. The highest BCUT2D eigenvalue weighted by Crippen LogP contribution is 2.37. The maximum Gasteiger partial charge on any atom is 0.128 e. The summed E-state index contributed by atoms with van der Waals surface area (Å²) in [5.41, 5.74) is 5.48. The van der Waals surface area contributed by atoms with Crippen LogP contribution in [0.15, 0.2) is 48.5 Å². The van der Waals surface area contributed by atoms with Gasteiger partial charge in [-0.1, -0.05) is 36.4 Å². The van der Waals surface area contributed by atoms with Crippen LogP contribution >= 0.6 is 0 Å². The quantitative estimate of drug-likeness (QED) is 0.607. The second kappa shape index (κ2) is 7.32. The zero-order valence-corrected chi connectivity index (χ0v) is 14.8. The fourth-order valence-corrected chi connectivity index (χ4v) is 4.00. The van der Waals surface area contributed by atoms with E-state index in [0.717, 1.165) is 31.7 Å². The topological polar surface area (TPSA) is 23.4 Å². The van der Waals surface area contributed by atoms with Gasteiger partial charge < -0.3 is 14.0 Å². The number of aromatic nitrogens is 1. The number of fused-ring (bicyclic) bond motifs is 3. The molecule has 3 aromatic rings. The Morgan fingerprint density at radius 3 is 2.64 bits per heavy atom. The first-order valence-electron chi connectivity index (χ1n) is 9.17. The standard InChI is InChI=1S/C22H25NO2/c1-24-21-13-7-12-20-22(21)18-10-5-6-11-19(18)23(20)14-15-25-16-17-8-3-2-4-9-17/h2-4,7-9,12-13H,5-6,10-11,14-16H2,1H3. The zero-order chi connectivity index (χ0) is 17.1. The zero-order valence-electron chi connectivity index (χ0n) is 14.8. The molecule has 3 heteroatoms. The molecule has 0 atom stereocenters. The Bertz CT molecular complexity index is 851. The van der Waals surface area contributed by atoms with Crippen LogP contribution in [-0.2, 0) is 30.7 Å². The fraction of sp³-hybridized carbons (Fsp3) is 0.364. The minimum atomic E-state index is 0.672. The third kappa shape index (κ3) is 3.16. The first-order chi connectivity index (χ1) is 12.4. The van der Waals surface area contributed by atoms with E-state index in [4.69, 9.17) is 9.47 Å². The number of rotatable bonds is 6. The SMILES string of the molecule is COc1cccc2c1c1c(n2CCOCc2ccccc2)CCCC1. The van der Waals surface area contributed by atoms with Gasteiger partial charge in [-0.2, -0.15) is 0 Å². The van der Waals surface area contributed by atoms with Gasteiger partial charge in [-0.25, -0.2) is 0 Å². The third-order valence-corrected chi connectivity index (χ3v) is 5.15. The van der Waals surface area contributed by atoms with Gasteiger partial charge in [-0.05, 0) is 48.9 Å². The summed E-state index contributed by atoms with van der Waals surface area (Å²) in [5.74, 6) is 1.000. The summed E-state index contributed by atoms with van der Waals surface area (Å²) in [4.78, 5) is 0. The molecule has 0 N–H and O–H groups in total. The minimum Gasteiger partial charge on any atom is -0.496 e. The highest BCUT2D eigenvalue weighted by Gasteiger charge is 2.22. The summed E-state index contributed by atoms with van der Waals surface area (Å²) >= 11 is 0. The number of hydrogen-bond donors (Lipinski definition) is 0. The van der Waals surface area contributed by atoms with Gasteiger partial charge in [0, 0.05) is 17.6 Å². The highest BCUT2D eigenvalue weighted by molar-refractivity contribution is 5.91. The summed E-state index contributed by atoms with van der Waals surface area (Å²) in [6.07, 6.45) is 4.86. The van der Waals surface area contributed by atoms with E-state index in [0.29, 0.717) is 6.61 Å². The van der Waals surface area contributed by atoms with E-state index in [2.05, 4.69) is 47.0 Å². The molecule has 1 aliphatic rings. The Hall–Kier alpha value is -2.26. The summed E-state index contributed by atoms with van der Waals surface area (Å²) in [7, 11) is 1.77. The molecule has 1 aliphatic carbocycles. The lowest BCUT2D eigenvalue weighted by atomic mass is 9.95. The van der Waals surface area contributed by atoms with Crippen LogP contribution in [0, 0.1) is 0 Å². The Morgan fingerprint density at radius 2 is 1.80 bits per heavy atom. The number of aryl methyl sites for hydroxylation is 1. The van der Waals surface area contributed by atoms with Crippen LogP contribution in [0.1, 0.15) is 29.7 Å². The van der Waals surface area contributed by atoms with Crippen molar-refractivity contribution in [1.29, 1.82) is 0 Å². The number of nitrogens with zero attached hydrogens (tertiary/aromatic N) is 1. The van der Waals surface area contributed by atoms with Gasteiger partial charge in [0.2, 0.25) is 0 Å². The van der Waals surface area contributed by atoms with Crippen molar-refractivity contribution >= 4 is 10.9 Å². The molecule has 130 valence electrons. The average molecular weight is 335 g/mol. The largest absolute Gasteiger partial charge is 0.496 e. The van der Waals surface area contributed by atoms with Crippen molar-refractivity contribution in [1.82, 2.24) is 4.57 Å². The third-order valence-electron chi connectivity index (χ3n) is 5.15. The van der Waals surface area contributed by atoms with Crippen molar-refractivity contribution in [2.75, 3.05) is 13.7 Å². The average Bonchev–Trinajstić information content (AvgIpc) is 3.00. The second-order valence-corrected chi connectivity index (χ2v) is 6.68. The van der Waals surface area contributed by atoms with Crippen LogP contribution in [-0.4, -0.2) is 18.3 Å². The maximum absolute atomic E-state index is 5.94. The van der Waals surface area contributed by atoms with Crippen LogP contribution in [0.4, 0.5) is 0 Å². The van der Waals surface area contributed by atoms with E-state index >= 15 is 0 Å². The van der Waals surface area contributed by atoms with Crippen LogP contribution in [0.2, 0.25) is 0 Å². The fourth-order valence-electron chi connectivity index (χ4n) is 4.00. The van der Waals surface area contributed by atoms with Gasteiger partial charge in [0.05, 0.1) is 25.8 Å². The molecule has 0 radical (unpaired) electrons. The molecule has 2 aromatic carbocycles. The molecule has 0 aliphatic heterocycles. The Kier molecular flexibility index (Phi) is 4.75. The molecule has 1 aromatic heterocycles. The van der Waals surface area contributed by atoms with Crippen LogP contribution in [0.3, 0.4) is 0 Å². The van der Waals surface area contributed by atoms with Crippen molar-refractivity contribution in [2.45, 2.75) is 38.8 Å². The van der Waals surface area contributed by atoms with E-state index in [1.54, 1.807) is 7.11 Å².